The molecular weight excluding hydrogens is 403 g/mol. The summed E-state index contributed by atoms with van der Waals surface area (Å²) < 4.78 is 0. The van der Waals surface area contributed by atoms with Gasteiger partial charge in [0.2, 0.25) is 0 Å². The Morgan fingerprint density at radius 1 is 1.04 bits per heavy atom. The Balaban J connectivity index is 2.90. The number of carboxylic acids is 1. The molecular formula is C15H18Cl5NO2. The van der Waals surface area contributed by atoms with Crippen LogP contribution in [0.15, 0.2) is 0 Å². The molecule has 23 heavy (non-hydrogen) atoms. The van der Waals surface area contributed by atoms with Crippen molar-refractivity contribution in [2.45, 2.75) is 32.6 Å². The van der Waals surface area contributed by atoms with Gasteiger partial charge in [-0.25, -0.2) is 0 Å². The molecule has 0 aromatic heterocycles. The quantitative estimate of drug-likeness (QED) is 0.402. The number of carbonyl (C=O) groups is 1. The lowest BCUT2D eigenvalue weighted by Crippen LogP contribution is -2.26. The smallest absolute Gasteiger partial charge is 0.307 e. The van der Waals surface area contributed by atoms with Gasteiger partial charge in [0.25, 0.3) is 0 Å². The molecule has 0 heterocycles. The van der Waals surface area contributed by atoms with E-state index in [0.29, 0.717) is 24.8 Å². The van der Waals surface area contributed by atoms with E-state index in [1.54, 1.807) is 0 Å². The van der Waals surface area contributed by atoms with Crippen molar-refractivity contribution in [3.05, 3.63) is 30.7 Å². The predicted molar refractivity (Wildman–Crippen MR) is 98.4 cm³/mol. The number of hydrogen-bond acceptors (Lipinski definition) is 2. The van der Waals surface area contributed by atoms with Crippen LogP contribution < -0.4 is 5.73 Å². The Morgan fingerprint density at radius 3 is 1.91 bits per heavy atom. The lowest BCUT2D eigenvalue weighted by molar-refractivity contribution is -0.142. The van der Waals surface area contributed by atoms with Crippen molar-refractivity contribution in [1.29, 1.82) is 0 Å². The second kappa shape index (κ2) is 9.55. The van der Waals surface area contributed by atoms with Gasteiger partial charge in [0.05, 0.1) is 31.0 Å². The third-order valence-corrected chi connectivity index (χ3v) is 6.29. The second-order valence-corrected chi connectivity index (χ2v) is 7.26. The third kappa shape index (κ3) is 5.29. The van der Waals surface area contributed by atoms with E-state index in [-0.39, 0.29) is 37.6 Å². The summed E-state index contributed by atoms with van der Waals surface area (Å²) in [4.78, 5) is 11.1. The fourth-order valence-electron chi connectivity index (χ4n) is 2.41. The second-order valence-electron chi connectivity index (χ2n) is 5.37. The van der Waals surface area contributed by atoms with E-state index in [9.17, 15) is 4.79 Å². The van der Waals surface area contributed by atoms with Gasteiger partial charge in [-0.15, -0.1) is 0 Å². The molecule has 0 aliphatic heterocycles. The number of rotatable bonds is 8. The van der Waals surface area contributed by atoms with Gasteiger partial charge < -0.3 is 10.8 Å². The summed E-state index contributed by atoms with van der Waals surface area (Å²) in [6, 6.07) is 0. The molecule has 3 N–H and O–H groups in total. The molecule has 2 atom stereocenters. The molecule has 0 spiro atoms. The van der Waals surface area contributed by atoms with Crippen molar-refractivity contribution in [2.75, 3.05) is 6.54 Å². The van der Waals surface area contributed by atoms with Gasteiger partial charge in [-0.1, -0.05) is 71.3 Å². The minimum atomic E-state index is -0.875. The highest BCUT2D eigenvalue weighted by atomic mass is 35.5. The predicted octanol–water partition coefficient (Wildman–Crippen LogP) is 5.96. The van der Waals surface area contributed by atoms with Gasteiger partial charge in [-0.2, -0.15) is 0 Å². The van der Waals surface area contributed by atoms with Crippen molar-refractivity contribution in [1.82, 2.24) is 0 Å². The Hall–Kier alpha value is 0.1000. The molecule has 1 aromatic carbocycles. The Bertz CT molecular complexity index is 550. The zero-order valence-corrected chi connectivity index (χ0v) is 16.3. The van der Waals surface area contributed by atoms with Crippen molar-refractivity contribution in [3.8, 4) is 0 Å². The topological polar surface area (TPSA) is 63.3 Å². The molecule has 1 rings (SSSR count). The van der Waals surface area contributed by atoms with Gasteiger partial charge >= 0.3 is 5.97 Å². The lowest BCUT2D eigenvalue weighted by Gasteiger charge is -2.20. The molecule has 130 valence electrons. The van der Waals surface area contributed by atoms with E-state index in [2.05, 4.69) is 0 Å². The fraction of sp³-hybridized carbons (Fsp3) is 0.533. The van der Waals surface area contributed by atoms with Crippen LogP contribution in [0.2, 0.25) is 25.1 Å². The molecule has 0 radical (unpaired) electrons. The van der Waals surface area contributed by atoms with Crippen LogP contribution in [0, 0.1) is 11.8 Å². The van der Waals surface area contributed by atoms with E-state index >= 15 is 0 Å². The van der Waals surface area contributed by atoms with Crippen molar-refractivity contribution in [2.24, 2.45) is 17.6 Å². The average molecular weight is 422 g/mol. The maximum Gasteiger partial charge on any atom is 0.307 e. The molecule has 3 nitrogen and oxygen atoms in total. The van der Waals surface area contributed by atoms with Crippen LogP contribution in [-0.4, -0.2) is 17.6 Å². The molecule has 0 bridgehead atoms. The monoisotopic (exact) mass is 419 g/mol. The first-order valence-electron chi connectivity index (χ1n) is 7.17. The summed E-state index contributed by atoms with van der Waals surface area (Å²) in [5.74, 6) is -1.25. The van der Waals surface area contributed by atoms with Gasteiger partial charge in [-0.05, 0) is 30.7 Å². The molecule has 0 saturated heterocycles. The average Bonchev–Trinajstić information content (AvgIpc) is 2.53. The molecule has 2 unspecified atom stereocenters. The molecule has 1 aromatic rings. The van der Waals surface area contributed by atoms with Crippen LogP contribution in [0.3, 0.4) is 0 Å². The number of aliphatic carboxylic acids is 1. The van der Waals surface area contributed by atoms with E-state index in [0.717, 1.165) is 6.42 Å². The van der Waals surface area contributed by atoms with Crippen LogP contribution in [-0.2, 0) is 11.2 Å². The highest BCUT2D eigenvalue weighted by Gasteiger charge is 2.23. The zero-order chi connectivity index (χ0) is 17.7. The first kappa shape index (κ1) is 21.1. The van der Waals surface area contributed by atoms with Crippen molar-refractivity contribution < 1.29 is 9.90 Å². The Morgan fingerprint density at radius 2 is 1.52 bits per heavy atom. The van der Waals surface area contributed by atoms with Crippen LogP contribution in [0.4, 0.5) is 0 Å². The summed E-state index contributed by atoms with van der Waals surface area (Å²) in [5.41, 5.74) is 6.15. The third-order valence-electron chi connectivity index (χ3n) is 3.93. The van der Waals surface area contributed by atoms with Crippen molar-refractivity contribution >= 4 is 64.0 Å². The fourth-order valence-corrected chi connectivity index (χ4v) is 3.77. The molecule has 0 aliphatic rings. The first-order valence-corrected chi connectivity index (χ1v) is 9.06. The van der Waals surface area contributed by atoms with Crippen LogP contribution in [0.1, 0.15) is 31.7 Å². The molecule has 0 saturated carbocycles. The number of benzene rings is 1. The highest BCUT2D eigenvalue weighted by molar-refractivity contribution is 6.55. The van der Waals surface area contributed by atoms with Crippen LogP contribution in [0.5, 0.6) is 0 Å². The molecule has 0 fully saturated rings. The van der Waals surface area contributed by atoms with E-state index < -0.39 is 11.9 Å². The Kier molecular flexibility index (Phi) is 8.78. The minimum Gasteiger partial charge on any atom is -0.481 e. The highest BCUT2D eigenvalue weighted by Crippen LogP contribution is 2.44. The number of halogens is 5. The Labute approximate surface area is 161 Å². The summed E-state index contributed by atoms with van der Waals surface area (Å²) in [6.45, 7) is 2.12. The van der Waals surface area contributed by atoms with Crippen LogP contribution in [0.25, 0.3) is 0 Å². The molecule has 0 amide bonds. The maximum atomic E-state index is 11.1. The van der Waals surface area contributed by atoms with E-state index in [1.165, 1.54) is 0 Å². The minimum absolute atomic E-state index is 0.117. The standard InChI is InChI=1S/C15H18Cl5NO2/c1-2-7(5-8(6-21)15(22)23)3-4-9-10(16)12(18)14(20)13(19)11(9)17/h7-8H,2-6,21H2,1H3,(H,22,23). The maximum absolute atomic E-state index is 11.1. The largest absolute Gasteiger partial charge is 0.481 e. The van der Waals surface area contributed by atoms with Gasteiger partial charge in [0, 0.05) is 6.54 Å². The zero-order valence-electron chi connectivity index (χ0n) is 12.5. The summed E-state index contributed by atoms with van der Waals surface area (Å²) in [7, 11) is 0. The molecule has 8 heteroatoms. The van der Waals surface area contributed by atoms with Gasteiger partial charge in [0.15, 0.2) is 0 Å². The lowest BCUT2D eigenvalue weighted by atomic mass is 9.88. The number of nitrogens with two attached hydrogens (primary N) is 1. The summed E-state index contributed by atoms with van der Waals surface area (Å²) in [5, 5.41) is 10.2. The van der Waals surface area contributed by atoms with E-state index in [1.807, 2.05) is 6.92 Å². The SMILES string of the molecule is CCC(CCc1c(Cl)c(Cl)c(Cl)c(Cl)c1Cl)CC(CN)C(=O)O. The van der Waals surface area contributed by atoms with Gasteiger partial charge in [0.1, 0.15) is 0 Å². The molecule has 0 aliphatic carbocycles. The van der Waals surface area contributed by atoms with Gasteiger partial charge in [-0.3, -0.25) is 4.79 Å². The van der Waals surface area contributed by atoms with E-state index in [4.69, 9.17) is 68.8 Å². The van der Waals surface area contributed by atoms with Crippen LogP contribution >= 0.6 is 58.0 Å². The summed E-state index contributed by atoms with van der Waals surface area (Å²) >= 11 is 30.5. The summed E-state index contributed by atoms with van der Waals surface area (Å²) in [6.07, 6.45) is 2.57. The first-order chi connectivity index (χ1) is 10.7. The normalized spacial score (nSPS) is 13.9. The van der Waals surface area contributed by atoms with Crippen molar-refractivity contribution in [3.63, 3.8) is 0 Å². The number of hydrogen-bond donors (Lipinski definition) is 2. The number of carboxylic acid groups (broad SMARTS) is 1.